The van der Waals surface area contributed by atoms with Crippen LogP contribution in [0.4, 0.5) is 0 Å². The molecule has 0 aliphatic carbocycles. The van der Waals surface area contributed by atoms with Gasteiger partial charge in [-0.25, -0.2) is 0 Å². The van der Waals surface area contributed by atoms with Crippen LogP contribution in [0, 0.1) is 11.8 Å². The van der Waals surface area contributed by atoms with E-state index in [-0.39, 0.29) is 80.9 Å². The predicted octanol–water partition coefficient (Wildman–Crippen LogP) is 4.27. The number of hydrogen-bond acceptors (Lipinski definition) is 18. The van der Waals surface area contributed by atoms with Crippen molar-refractivity contribution >= 4 is 116 Å². The lowest BCUT2D eigenvalue weighted by atomic mass is 9.89. The Morgan fingerprint density at radius 1 is 0.673 bits per heavy atom. The zero-order chi connectivity index (χ0) is 72.3. The number of aromatic hydroxyl groups is 3. The minimum atomic E-state index is -1.87. The Bertz CT molecular complexity index is 4120. The molecule has 2 aromatic heterocycles. The highest BCUT2D eigenvalue weighted by atomic mass is 32.2. The Hall–Kier alpha value is -10.0. The van der Waals surface area contributed by atoms with Crippen molar-refractivity contribution in [2.45, 2.75) is 144 Å². The highest BCUT2D eigenvalue weighted by Gasteiger charge is 2.49. The molecule has 6 aromatic rings. The lowest BCUT2D eigenvalue weighted by Gasteiger charge is -2.37. The van der Waals surface area contributed by atoms with Gasteiger partial charge in [0.2, 0.25) is 47.3 Å². The monoisotopic (exact) mass is 1420 g/mol. The summed E-state index contributed by atoms with van der Waals surface area (Å²) in [4.78, 5) is 170. The molecule has 1 saturated heterocycles. The average Bonchev–Trinajstić information content (AvgIpc) is 1.70. The zero-order valence-corrected chi connectivity index (χ0v) is 57.6. The molecule has 5 heterocycles. The van der Waals surface area contributed by atoms with Gasteiger partial charge in [-0.1, -0.05) is 36.4 Å². The minimum absolute atomic E-state index is 0.0396. The van der Waals surface area contributed by atoms with Gasteiger partial charge in [0, 0.05) is 127 Å². The van der Waals surface area contributed by atoms with Crippen molar-refractivity contribution in [3.05, 3.63) is 137 Å². The van der Waals surface area contributed by atoms with E-state index in [9.17, 15) is 54.0 Å². The van der Waals surface area contributed by atoms with Crippen LogP contribution in [0.2, 0.25) is 0 Å². The molecule has 1 fully saturated rings. The summed E-state index contributed by atoms with van der Waals surface area (Å²) >= 11 is 2.83. The molecule has 0 saturated carbocycles. The van der Waals surface area contributed by atoms with E-state index in [0.717, 1.165) is 11.1 Å². The molecule has 9 rings (SSSR count). The molecule has 8 amide bonds. The number of nitrogens with two attached hydrogens (primary N) is 2. The van der Waals surface area contributed by atoms with E-state index in [0.29, 0.717) is 87.1 Å². The molecule has 27 nitrogen and oxygen atoms in total. The van der Waals surface area contributed by atoms with Crippen molar-refractivity contribution < 1.29 is 73.2 Å². The Kier molecular flexibility index (Phi) is 26.3. The zero-order valence-electron chi connectivity index (χ0n) is 55.9. The maximum atomic E-state index is 15.3. The van der Waals surface area contributed by atoms with Crippen molar-refractivity contribution in [2.75, 3.05) is 31.1 Å². The number of aliphatic imine (C=N–C) groups is 1. The number of nitrogens with one attached hydrogen (secondary N) is 8. The number of nitrogens with zero attached hydrogens (tertiary/aromatic N) is 2. The molecular weight excluding hydrogens is 1340 g/mol. The van der Waals surface area contributed by atoms with Crippen LogP contribution in [-0.2, 0) is 83.5 Å². The molecule has 29 heteroatoms. The third-order valence-electron chi connectivity index (χ3n) is 18.4. The number of amides is 8. The SMILES string of the molecule is C[C@@]12CCCN1C(=O)[C@H](Cc1ccc(O)cc1)NC(=O)[C@H](CC1=CN=CC1)CC(=O)[C@H](CC(=O)O)NC(=O)[C@H](Cc1c[nH]c3ccc(O)cc13)NC(=O)[C@H](Cc1c[nH]c3ccc(O)cc13)CC(=O)CNC(=O)[C@H](CCCCN)NC(=O)CCSCc1cccc(c1)CSC[C@@H](C(N)=O)NC2=O. The summed E-state index contributed by atoms with van der Waals surface area (Å²) in [5, 5.41) is 59.2. The van der Waals surface area contributed by atoms with Gasteiger partial charge in [0.1, 0.15) is 47.0 Å². The van der Waals surface area contributed by atoms with Crippen LogP contribution < -0.4 is 43.4 Å². The number of unbranched alkanes of at least 4 members (excludes halogenated alkanes) is 1. The number of aromatic nitrogens is 2. The maximum absolute atomic E-state index is 15.3. The summed E-state index contributed by atoms with van der Waals surface area (Å²) in [5.74, 6) is -10.8. The number of carbonyl (C=O) groups is 11. The Balaban J connectivity index is 1.06. The third kappa shape index (κ3) is 20.8. The van der Waals surface area contributed by atoms with Gasteiger partial charge in [-0.2, -0.15) is 23.5 Å². The molecule has 0 radical (unpaired) electrons. The summed E-state index contributed by atoms with van der Waals surface area (Å²) in [6.45, 7) is 1.34. The number of benzene rings is 4. The van der Waals surface area contributed by atoms with Crippen molar-refractivity contribution in [3.63, 3.8) is 0 Å². The molecule has 0 spiro atoms. The number of fused-ring (bicyclic) bond motifs is 5. The number of thioether (sulfide) groups is 2. The highest BCUT2D eigenvalue weighted by Crippen LogP contribution is 2.33. The van der Waals surface area contributed by atoms with E-state index < -0.39 is 138 Å². The van der Waals surface area contributed by atoms with Crippen molar-refractivity contribution in [3.8, 4) is 17.2 Å². The summed E-state index contributed by atoms with van der Waals surface area (Å²) in [6.07, 6.45) is 5.09. The number of Topliss-reactive ketones (excluding diaryl/α,β-unsaturated/α-hetero) is 2. The number of carbonyl (C=O) groups excluding carboxylic acids is 10. The van der Waals surface area contributed by atoms with Crippen LogP contribution in [0.5, 0.6) is 17.2 Å². The second-order valence-electron chi connectivity index (χ2n) is 26.0. The molecule has 2 bridgehead atoms. The van der Waals surface area contributed by atoms with Gasteiger partial charge in [-0.3, -0.25) is 57.7 Å². The fourth-order valence-corrected chi connectivity index (χ4v) is 14.7. The van der Waals surface area contributed by atoms with Gasteiger partial charge in [-0.15, -0.1) is 0 Å². The summed E-state index contributed by atoms with van der Waals surface area (Å²) in [7, 11) is 0. The van der Waals surface area contributed by atoms with E-state index in [1.807, 2.05) is 24.3 Å². The third-order valence-corrected chi connectivity index (χ3v) is 20.5. The first-order chi connectivity index (χ1) is 48.4. The number of hydrogen-bond donors (Lipinski definition) is 14. The number of rotatable bonds is 15. The topological polar surface area (TPSA) is 440 Å². The van der Waals surface area contributed by atoms with E-state index in [1.54, 1.807) is 43.6 Å². The summed E-state index contributed by atoms with van der Waals surface area (Å²) < 4.78 is 0. The summed E-state index contributed by atoms with van der Waals surface area (Å²) in [6, 6.07) is 15.4. The van der Waals surface area contributed by atoms with Crippen molar-refractivity contribution in [1.29, 1.82) is 0 Å². The van der Waals surface area contributed by atoms with Crippen LogP contribution >= 0.6 is 23.5 Å². The number of carboxylic acid groups (broad SMARTS) is 1. The van der Waals surface area contributed by atoms with E-state index in [4.69, 9.17) is 11.5 Å². The number of primary amides is 1. The average molecular weight is 1420 g/mol. The van der Waals surface area contributed by atoms with Gasteiger partial charge >= 0.3 is 5.97 Å². The number of ketones is 2. The second kappa shape index (κ2) is 35.4. The van der Waals surface area contributed by atoms with Crippen LogP contribution in [0.1, 0.15) is 105 Å². The van der Waals surface area contributed by atoms with Crippen molar-refractivity contribution in [2.24, 2.45) is 28.3 Å². The number of carboxylic acids is 1. The number of allylic oxidation sites excluding steroid dienone is 1. The standard InChI is InChI=1S/C72H86N12O15S2/c1-72-19-5-22-84(72)70(98)60(26-41-9-11-49(85)12-10-41)82-66(94)45(25-42-17-21-75-34-42)30-62(89)58(33-64(91)92)80-69(97)59(29-48-36-77-56-16-14-51(87)32-54(48)56)81-67(95)46(27-47-35-76-55-15-13-50(86)31-53(47)55)28-52(88)37-78-68(96)57(8-2-3-20-73)79-63(90)18-23-100-38-43-6-4-7-44(24-43)39-101-40-61(65(74)93)83-71(72)99/h4,6-7,9-16,21,24,31-32,34-36,45-46,57-61,76-77,85-87H,2-3,5,8,17-20,22-23,25-30,33,37-40,73H2,1H3,(H2,74,93)(H,78,96)(H,79,90)(H,80,97)(H,81,95)(H,82,94)(H,83,99)(H,91,92)/t45-,46-,57+,58+,59+,60+,61+,72+/m1/s1. The molecule has 0 unspecified atom stereocenters. The lowest BCUT2D eigenvalue weighted by molar-refractivity contribution is -0.147. The van der Waals surface area contributed by atoms with Gasteiger partial charge in [0.25, 0.3) is 0 Å². The van der Waals surface area contributed by atoms with Crippen LogP contribution in [0.3, 0.4) is 0 Å². The first-order valence-electron chi connectivity index (χ1n) is 33.6. The van der Waals surface area contributed by atoms with Crippen molar-refractivity contribution in [1.82, 2.24) is 46.8 Å². The fourth-order valence-electron chi connectivity index (χ4n) is 12.8. The normalized spacial score (nSPS) is 23.4. The first kappa shape index (κ1) is 75.2. The molecular formula is C72H86N12O15S2. The Labute approximate surface area is 591 Å². The fraction of sp³-hybridized carbons (Fsp3) is 0.417. The minimum Gasteiger partial charge on any atom is -0.508 e. The van der Waals surface area contributed by atoms with Gasteiger partial charge in [-0.05, 0) is 140 Å². The van der Waals surface area contributed by atoms with E-state index in [2.05, 4.69) is 46.9 Å². The van der Waals surface area contributed by atoms with Gasteiger partial charge in [0.15, 0.2) is 11.6 Å². The van der Waals surface area contributed by atoms with E-state index in [1.165, 1.54) is 77.2 Å². The number of phenols is 3. The predicted molar refractivity (Wildman–Crippen MR) is 381 cm³/mol. The van der Waals surface area contributed by atoms with Crippen LogP contribution in [0.25, 0.3) is 21.8 Å². The molecule has 3 aliphatic heterocycles. The first-order valence-corrected chi connectivity index (χ1v) is 35.9. The number of phenolic OH excluding ortho intramolecular Hbond substituents is 3. The molecule has 536 valence electrons. The Morgan fingerprint density at radius 3 is 1.95 bits per heavy atom. The molecule has 8 atom stereocenters. The van der Waals surface area contributed by atoms with Gasteiger partial charge in [0.05, 0.1) is 19.0 Å². The molecule has 16 N–H and O–H groups in total. The maximum Gasteiger partial charge on any atom is 0.305 e. The van der Waals surface area contributed by atoms with E-state index >= 15 is 19.2 Å². The smallest absolute Gasteiger partial charge is 0.305 e. The quantitative estimate of drug-likeness (QED) is 0.0638. The largest absolute Gasteiger partial charge is 0.508 e. The van der Waals surface area contributed by atoms with Crippen LogP contribution in [0.15, 0.2) is 114 Å². The number of aromatic amines is 2. The highest BCUT2D eigenvalue weighted by molar-refractivity contribution is 7.98. The number of H-pyrrole nitrogens is 2. The second-order valence-corrected chi connectivity index (χ2v) is 28.2. The lowest BCUT2D eigenvalue weighted by Crippen LogP contribution is -2.62. The molecule has 101 heavy (non-hydrogen) atoms. The molecule has 3 aliphatic rings. The molecule has 4 aromatic carbocycles. The van der Waals surface area contributed by atoms with Gasteiger partial charge < -0.3 is 78.7 Å². The van der Waals surface area contributed by atoms with Crippen LogP contribution in [-0.4, -0.2) is 173 Å². The number of aliphatic carboxylic acids is 1. The summed E-state index contributed by atoms with van der Waals surface area (Å²) in [5.41, 5.74) is 15.0. The Morgan fingerprint density at radius 2 is 1.31 bits per heavy atom.